The number of carbonyl (C=O) groups is 1. The minimum absolute atomic E-state index is 0.118. The molecule has 0 amide bonds. The summed E-state index contributed by atoms with van der Waals surface area (Å²) in [5.41, 5.74) is -0.282. The maximum absolute atomic E-state index is 13.6. The lowest BCUT2D eigenvalue weighted by molar-refractivity contribution is 0.0499. The summed E-state index contributed by atoms with van der Waals surface area (Å²) in [6, 6.07) is 1.97. The van der Waals surface area contributed by atoms with Gasteiger partial charge in [-0.3, -0.25) is 0 Å². The Hall–Kier alpha value is -1.47. The van der Waals surface area contributed by atoms with Crippen molar-refractivity contribution in [2.24, 2.45) is 5.14 Å². The highest BCUT2D eigenvalue weighted by atomic mass is 32.2. The molecule has 0 unspecified atom stereocenters. The molecule has 0 saturated heterocycles. The molecule has 2 N–H and O–H groups in total. The number of hydrogen-bond acceptors (Lipinski definition) is 4. The number of esters is 1. The molecule has 0 heterocycles. The van der Waals surface area contributed by atoms with Crippen LogP contribution in [0.1, 0.15) is 35.7 Å². The predicted octanol–water partition coefficient (Wildman–Crippen LogP) is 1.74. The molecule has 0 aromatic heterocycles. The number of benzene rings is 1. The minimum atomic E-state index is -4.08. The van der Waals surface area contributed by atoms with Crippen molar-refractivity contribution in [3.05, 3.63) is 29.1 Å². The smallest absolute Gasteiger partial charge is 0.338 e. The van der Waals surface area contributed by atoms with E-state index >= 15 is 0 Å². The van der Waals surface area contributed by atoms with Crippen LogP contribution in [0.25, 0.3) is 0 Å². The van der Waals surface area contributed by atoms with Crippen molar-refractivity contribution in [3.8, 4) is 0 Å². The van der Waals surface area contributed by atoms with E-state index in [2.05, 4.69) is 0 Å². The summed E-state index contributed by atoms with van der Waals surface area (Å²) < 4.78 is 41.1. The van der Waals surface area contributed by atoms with Gasteiger partial charge in [-0.05, 0) is 25.5 Å². The molecule has 0 atom stereocenters. The molecule has 0 saturated carbocycles. The molecule has 1 aromatic rings. The van der Waals surface area contributed by atoms with Crippen molar-refractivity contribution in [1.29, 1.82) is 0 Å². The van der Waals surface area contributed by atoms with Gasteiger partial charge >= 0.3 is 5.97 Å². The van der Waals surface area contributed by atoms with E-state index in [1.54, 1.807) is 0 Å². The first-order valence-electron chi connectivity index (χ1n) is 5.77. The number of unbranched alkanes of at least 4 members (excludes halogenated alkanes) is 1. The van der Waals surface area contributed by atoms with Gasteiger partial charge in [-0.15, -0.1) is 0 Å². The zero-order valence-electron chi connectivity index (χ0n) is 10.8. The number of sulfonamides is 1. The maximum atomic E-state index is 13.6. The second-order valence-corrected chi connectivity index (χ2v) is 5.65. The van der Waals surface area contributed by atoms with Gasteiger partial charge in [0.2, 0.25) is 10.0 Å². The Kier molecular flexibility index (Phi) is 5.02. The Morgan fingerprint density at radius 1 is 1.42 bits per heavy atom. The molecule has 0 aliphatic carbocycles. The molecule has 1 rings (SSSR count). The monoisotopic (exact) mass is 289 g/mol. The van der Waals surface area contributed by atoms with E-state index in [4.69, 9.17) is 9.88 Å². The number of ether oxygens (including phenoxy) is 1. The lowest BCUT2D eigenvalue weighted by Crippen LogP contribution is -2.16. The van der Waals surface area contributed by atoms with Crippen LogP contribution in [0.2, 0.25) is 0 Å². The number of hydrogen-bond donors (Lipinski definition) is 1. The third-order valence-corrected chi connectivity index (χ3v) is 3.61. The van der Waals surface area contributed by atoms with Gasteiger partial charge in [-0.2, -0.15) is 0 Å². The quantitative estimate of drug-likeness (QED) is 0.660. The van der Waals surface area contributed by atoms with Gasteiger partial charge < -0.3 is 4.74 Å². The summed E-state index contributed by atoms with van der Waals surface area (Å²) >= 11 is 0. The average molecular weight is 289 g/mol. The van der Waals surface area contributed by atoms with Crippen LogP contribution in [0.4, 0.5) is 4.39 Å². The Morgan fingerprint density at radius 3 is 2.58 bits per heavy atom. The molecule has 5 nitrogen and oxygen atoms in total. The van der Waals surface area contributed by atoms with Crippen molar-refractivity contribution in [1.82, 2.24) is 0 Å². The maximum Gasteiger partial charge on any atom is 0.338 e. The molecule has 0 aliphatic rings. The molecule has 106 valence electrons. The first-order chi connectivity index (χ1) is 8.77. The topological polar surface area (TPSA) is 86.5 Å². The lowest BCUT2D eigenvalue weighted by atomic mass is 10.1. The number of carbonyl (C=O) groups excluding carboxylic acids is 1. The van der Waals surface area contributed by atoms with Crippen molar-refractivity contribution >= 4 is 16.0 Å². The predicted molar refractivity (Wildman–Crippen MR) is 67.7 cm³/mol. The van der Waals surface area contributed by atoms with E-state index in [0.717, 1.165) is 18.6 Å². The van der Waals surface area contributed by atoms with E-state index < -0.39 is 26.7 Å². The highest BCUT2D eigenvalue weighted by molar-refractivity contribution is 7.89. The Balaban J connectivity index is 3.11. The van der Waals surface area contributed by atoms with Crippen LogP contribution < -0.4 is 5.14 Å². The number of rotatable bonds is 5. The van der Waals surface area contributed by atoms with E-state index in [1.165, 1.54) is 6.92 Å². The van der Waals surface area contributed by atoms with Crippen molar-refractivity contribution < 1.29 is 22.3 Å². The third kappa shape index (κ3) is 4.00. The first kappa shape index (κ1) is 15.6. The fraction of sp³-hybridized carbons (Fsp3) is 0.417. The first-order valence-corrected chi connectivity index (χ1v) is 7.32. The highest BCUT2D eigenvalue weighted by Gasteiger charge is 2.19. The number of halogens is 1. The average Bonchev–Trinajstić information content (AvgIpc) is 2.31. The molecule has 1 aromatic carbocycles. The fourth-order valence-corrected chi connectivity index (χ4v) is 2.28. The lowest BCUT2D eigenvalue weighted by Gasteiger charge is -2.08. The standard InChI is InChI=1S/C12H16FNO4S/c1-3-4-5-18-12(15)9-6-10(13)8(2)11(7-9)19(14,16)17/h6-7H,3-5H2,1-2H3,(H2,14,16,17). The van der Waals surface area contributed by atoms with Gasteiger partial charge in [0, 0.05) is 5.56 Å². The van der Waals surface area contributed by atoms with Gasteiger partial charge in [0.15, 0.2) is 0 Å². The van der Waals surface area contributed by atoms with Crippen LogP contribution in [-0.4, -0.2) is 21.0 Å². The van der Waals surface area contributed by atoms with Crippen LogP contribution in [0.3, 0.4) is 0 Å². The van der Waals surface area contributed by atoms with E-state index in [0.29, 0.717) is 6.42 Å². The largest absolute Gasteiger partial charge is 0.462 e. The van der Waals surface area contributed by atoms with Crippen LogP contribution >= 0.6 is 0 Å². The Bertz CT molecular complexity index is 584. The van der Waals surface area contributed by atoms with Crippen LogP contribution in [0.5, 0.6) is 0 Å². The van der Waals surface area contributed by atoms with Gasteiger partial charge in [0.05, 0.1) is 17.1 Å². The molecule has 0 aliphatic heterocycles. The molecule has 7 heteroatoms. The summed E-state index contributed by atoms with van der Waals surface area (Å²) in [7, 11) is -4.08. The van der Waals surface area contributed by atoms with Crippen molar-refractivity contribution in [3.63, 3.8) is 0 Å². The fourth-order valence-electron chi connectivity index (χ4n) is 1.46. The van der Waals surface area contributed by atoms with E-state index in [-0.39, 0.29) is 17.7 Å². The van der Waals surface area contributed by atoms with Crippen molar-refractivity contribution in [2.75, 3.05) is 6.61 Å². The Morgan fingerprint density at radius 2 is 2.05 bits per heavy atom. The second-order valence-electron chi connectivity index (χ2n) is 4.12. The van der Waals surface area contributed by atoms with Gasteiger partial charge in [0.25, 0.3) is 0 Å². The normalized spacial score (nSPS) is 11.4. The zero-order valence-corrected chi connectivity index (χ0v) is 11.6. The molecular weight excluding hydrogens is 273 g/mol. The van der Waals surface area contributed by atoms with Crippen LogP contribution in [-0.2, 0) is 14.8 Å². The molecule has 0 spiro atoms. The van der Waals surface area contributed by atoms with Gasteiger partial charge in [-0.25, -0.2) is 22.7 Å². The summed E-state index contributed by atoms with van der Waals surface area (Å²) in [6.07, 6.45) is 1.53. The molecular formula is C12H16FNO4S. The summed E-state index contributed by atoms with van der Waals surface area (Å²) in [5.74, 6) is -1.58. The third-order valence-electron chi connectivity index (χ3n) is 2.57. The second kappa shape index (κ2) is 6.12. The molecule has 0 radical (unpaired) electrons. The molecule has 0 bridgehead atoms. The minimum Gasteiger partial charge on any atom is -0.462 e. The zero-order chi connectivity index (χ0) is 14.6. The van der Waals surface area contributed by atoms with Crippen LogP contribution in [0, 0.1) is 12.7 Å². The highest BCUT2D eigenvalue weighted by Crippen LogP contribution is 2.20. The Labute approximate surface area is 111 Å². The number of nitrogens with two attached hydrogens (primary N) is 1. The summed E-state index contributed by atoms with van der Waals surface area (Å²) in [4.78, 5) is 11.2. The molecule has 19 heavy (non-hydrogen) atoms. The summed E-state index contributed by atoms with van der Waals surface area (Å²) in [6.45, 7) is 3.41. The van der Waals surface area contributed by atoms with Gasteiger partial charge in [0.1, 0.15) is 5.82 Å². The van der Waals surface area contributed by atoms with Crippen LogP contribution in [0.15, 0.2) is 17.0 Å². The molecule has 0 fully saturated rings. The van der Waals surface area contributed by atoms with E-state index in [9.17, 15) is 17.6 Å². The number of primary sulfonamides is 1. The van der Waals surface area contributed by atoms with Gasteiger partial charge in [-0.1, -0.05) is 13.3 Å². The van der Waals surface area contributed by atoms with Crippen molar-refractivity contribution in [2.45, 2.75) is 31.6 Å². The summed E-state index contributed by atoms with van der Waals surface area (Å²) in [5, 5.41) is 4.97. The SMILES string of the molecule is CCCCOC(=O)c1cc(F)c(C)c(S(N)(=O)=O)c1. The van der Waals surface area contributed by atoms with E-state index in [1.807, 2.05) is 6.92 Å².